The van der Waals surface area contributed by atoms with Crippen LogP contribution in [0, 0.1) is 11.6 Å². The smallest absolute Gasteiger partial charge is 0.240 e. The molecule has 0 spiro atoms. The second-order valence-electron chi connectivity index (χ2n) is 8.09. The predicted octanol–water partition coefficient (Wildman–Crippen LogP) is 1.62. The van der Waals surface area contributed by atoms with Gasteiger partial charge in [-0.25, -0.2) is 35.1 Å². The molecule has 8 nitrogen and oxygen atoms in total. The van der Waals surface area contributed by atoms with E-state index in [4.69, 9.17) is 0 Å². The second kappa shape index (κ2) is 12.1. The minimum atomic E-state index is -3.64. The van der Waals surface area contributed by atoms with Gasteiger partial charge in [0.1, 0.15) is 11.6 Å². The Morgan fingerprint density at radius 3 is 1.26 bits per heavy atom. The van der Waals surface area contributed by atoms with Gasteiger partial charge in [0.25, 0.3) is 0 Å². The van der Waals surface area contributed by atoms with E-state index in [1.165, 1.54) is 24.3 Å². The van der Waals surface area contributed by atoms with Crippen LogP contribution in [0.25, 0.3) is 0 Å². The molecule has 0 amide bonds. The summed E-state index contributed by atoms with van der Waals surface area (Å²) in [6.45, 7) is 5.53. The minimum absolute atomic E-state index is 0.0440. The second-order valence-corrected chi connectivity index (χ2v) is 11.6. The molecule has 0 unspecified atom stereocenters. The van der Waals surface area contributed by atoms with Crippen molar-refractivity contribution in [2.45, 2.75) is 22.6 Å². The lowest BCUT2D eigenvalue weighted by Gasteiger charge is -2.34. The molecule has 1 fully saturated rings. The zero-order valence-electron chi connectivity index (χ0n) is 18.8. The molecular weight excluding hydrogens is 486 g/mol. The van der Waals surface area contributed by atoms with Gasteiger partial charge in [-0.15, -0.1) is 0 Å². The Morgan fingerprint density at radius 1 is 0.618 bits per heavy atom. The van der Waals surface area contributed by atoms with Gasteiger partial charge in [-0.3, -0.25) is 0 Å². The van der Waals surface area contributed by atoms with Crippen LogP contribution in [-0.4, -0.2) is 79.0 Å². The van der Waals surface area contributed by atoms with Crippen LogP contribution in [-0.2, 0) is 20.0 Å². The van der Waals surface area contributed by atoms with Crippen molar-refractivity contribution in [2.75, 3.05) is 52.4 Å². The lowest BCUT2D eigenvalue weighted by molar-refractivity contribution is 0.131. The molecule has 2 aromatic rings. The molecule has 0 atom stereocenters. The zero-order chi connectivity index (χ0) is 24.6. The van der Waals surface area contributed by atoms with Crippen LogP contribution in [0.3, 0.4) is 0 Å². The van der Waals surface area contributed by atoms with Gasteiger partial charge in [-0.2, -0.15) is 0 Å². The molecule has 12 heteroatoms. The van der Waals surface area contributed by atoms with Crippen molar-refractivity contribution in [3.05, 3.63) is 60.2 Å². The molecule has 188 valence electrons. The third-order valence-electron chi connectivity index (χ3n) is 5.60. The van der Waals surface area contributed by atoms with Crippen LogP contribution >= 0.6 is 0 Å². The number of nitrogens with one attached hydrogen (secondary N) is 2. The Labute approximate surface area is 200 Å². The van der Waals surface area contributed by atoms with Gasteiger partial charge < -0.3 is 9.80 Å². The number of hydrogen-bond donors (Lipinski definition) is 2. The third kappa shape index (κ3) is 8.07. The van der Waals surface area contributed by atoms with Crippen LogP contribution in [0.2, 0.25) is 0 Å². The molecule has 1 saturated heterocycles. The van der Waals surface area contributed by atoms with Crippen LogP contribution in [0.5, 0.6) is 0 Å². The van der Waals surface area contributed by atoms with Crippen molar-refractivity contribution in [3.63, 3.8) is 0 Å². The van der Waals surface area contributed by atoms with E-state index in [0.29, 0.717) is 25.9 Å². The first-order valence-electron chi connectivity index (χ1n) is 11.1. The number of hydrogen-bond acceptors (Lipinski definition) is 6. The van der Waals surface area contributed by atoms with Gasteiger partial charge in [0, 0.05) is 39.3 Å². The average molecular weight is 517 g/mol. The van der Waals surface area contributed by atoms with Crippen LogP contribution in [0.15, 0.2) is 58.3 Å². The quantitative estimate of drug-likeness (QED) is 0.416. The highest BCUT2D eigenvalue weighted by Crippen LogP contribution is 2.11. The molecule has 1 aliphatic rings. The standard InChI is InChI=1S/C22H30F2N4O4S2/c23-19-3-7-21(8-4-19)33(29,30)25-11-1-13-27-15-17-28(18-16-27)14-2-12-26-34(31,32)22-9-5-20(24)6-10-22/h3-10,25-26H,1-2,11-18H2. The summed E-state index contributed by atoms with van der Waals surface area (Å²) in [5.41, 5.74) is 0. The van der Waals surface area contributed by atoms with Gasteiger partial charge >= 0.3 is 0 Å². The lowest BCUT2D eigenvalue weighted by Crippen LogP contribution is -2.47. The number of piperazine rings is 1. The molecule has 0 aliphatic carbocycles. The normalized spacial score (nSPS) is 16.1. The van der Waals surface area contributed by atoms with E-state index in [1.807, 2.05) is 0 Å². The number of rotatable bonds is 12. The van der Waals surface area contributed by atoms with Crippen LogP contribution in [0.1, 0.15) is 12.8 Å². The topological polar surface area (TPSA) is 98.8 Å². The van der Waals surface area contributed by atoms with Crippen molar-refractivity contribution in [1.29, 1.82) is 0 Å². The number of benzene rings is 2. The molecule has 0 saturated carbocycles. The Balaban J connectivity index is 1.28. The van der Waals surface area contributed by atoms with Gasteiger partial charge in [-0.05, 0) is 74.5 Å². The maximum atomic E-state index is 13.0. The fourth-order valence-corrected chi connectivity index (χ4v) is 5.80. The maximum Gasteiger partial charge on any atom is 0.240 e. The molecule has 1 heterocycles. The monoisotopic (exact) mass is 516 g/mol. The van der Waals surface area contributed by atoms with Crippen LogP contribution in [0.4, 0.5) is 8.78 Å². The summed E-state index contributed by atoms with van der Waals surface area (Å²) in [7, 11) is -7.28. The summed E-state index contributed by atoms with van der Waals surface area (Å²) < 4.78 is 79.8. The summed E-state index contributed by atoms with van der Waals surface area (Å²) >= 11 is 0. The minimum Gasteiger partial charge on any atom is -0.301 e. The van der Waals surface area contributed by atoms with E-state index in [9.17, 15) is 25.6 Å². The molecule has 0 bridgehead atoms. The fraction of sp³-hybridized carbons (Fsp3) is 0.455. The van der Waals surface area contributed by atoms with Crippen LogP contribution < -0.4 is 9.44 Å². The van der Waals surface area contributed by atoms with Gasteiger partial charge in [-0.1, -0.05) is 0 Å². The highest BCUT2D eigenvalue weighted by atomic mass is 32.2. The highest BCUT2D eigenvalue weighted by molar-refractivity contribution is 7.89. The van der Waals surface area contributed by atoms with E-state index in [0.717, 1.165) is 63.5 Å². The molecular formula is C22H30F2N4O4S2. The van der Waals surface area contributed by atoms with E-state index >= 15 is 0 Å². The van der Waals surface area contributed by atoms with E-state index in [-0.39, 0.29) is 9.79 Å². The van der Waals surface area contributed by atoms with Gasteiger partial charge in [0.2, 0.25) is 20.0 Å². The summed E-state index contributed by atoms with van der Waals surface area (Å²) in [5.74, 6) is -0.964. The Morgan fingerprint density at radius 2 is 0.941 bits per heavy atom. The summed E-state index contributed by atoms with van der Waals surface area (Å²) in [5, 5.41) is 0. The van der Waals surface area contributed by atoms with Crippen molar-refractivity contribution in [3.8, 4) is 0 Å². The number of sulfonamides is 2. The number of halogens is 2. The van der Waals surface area contributed by atoms with E-state index in [1.54, 1.807) is 0 Å². The largest absolute Gasteiger partial charge is 0.301 e. The van der Waals surface area contributed by atoms with Crippen molar-refractivity contribution >= 4 is 20.0 Å². The van der Waals surface area contributed by atoms with E-state index in [2.05, 4.69) is 19.2 Å². The highest BCUT2D eigenvalue weighted by Gasteiger charge is 2.18. The zero-order valence-corrected chi connectivity index (χ0v) is 20.4. The SMILES string of the molecule is O=S(=O)(NCCCN1CCN(CCCNS(=O)(=O)c2ccc(F)cc2)CC1)c1ccc(F)cc1. The maximum absolute atomic E-state index is 13.0. The Kier molecular flexibility index (Phi) is 9.51. The van der Waals surface area contributed by atoms with Crippen molar-refractivity contribution < 1.29 is 25.6 Å². The van der Waals surface area contributed by atoms with Gasteiger partial charge in [0.15, 0.2) is 0 Å². The first kappa shape index (κ1) is 26.6. The third-order valence-corrected chi connectivity index (χ3v) is 8.55. The molecule has 0 radical (unpaired) electrons. The molecule has 34 heavy (non-hydrogen) atoms. The molecule has 1 aliphatic heterocycles. The lowest BCUT2D eigenvalue weighted by atomic mass is 10.2. The summed E-state index contributed by atoms with van der Waals surface area (Å²) in [4.78, 5) is 4.62. The average Bonchev–Trinajstić information content (AvgIpc) is 2.81. The summed E-state index contributed by atoms with van der Waals surface area (Å²) in [6.07, 6.45) is 1.32. The predicted molar refractivity (Wildman–Crippen MR) is 125 cm³/mol. The van der Waals surface area contributed by atoms with Gasteiger partial charge in [0.05, 0.1) is 9.79 Å². The molecule has 2 N–H and O–H groups in total. The number of nitrogens with zero attached hydrogens (tertiary/aromatic N) is 2. The molecule has 3 rings (SSSR count). The van der Waals surface area contributed by atoms with Crippen molar-refractivity contribution in [2.24, 2.45) is 0 Å². The Bertz CT molecular complexity index is 1030. The first-order chi connectivity index (χ1) is 16.2. The van der Waals surface area contributed by atoms with E-state index < -0.39 is 31.7 Å². The fourth-order valence-electron chi connectivity index (χ4n) is 3.65. The summed E-state index contributed by atoms with van der Waals surface area (Å²) in [6, 6.07) is 9.44. The first-order valence-corrected chi connectivity index (χ1v) is 14.1. The van der Waals surface area contributed by atoms with Crippen molar-refractivity contribution in [1.82, 2.24) is 19.2 Å². The molecule has 0 aromatic heterocycles. The molecule has 2 aromatic carbocycles. The Hall–Kier alpha value is -1.96.